The fourth-order valence-electron chi connectivity index (χ4n) is 15.0. The fraction of sp³-hybridized carbons (Fsp3) is 0. The van der Waals surface area contributed by atoms with Crippen LogP contribution in [0.5, 0.6) is 0 Å². The van der Waals surface area contributed by atoms with Gasteiger partial charge in [0.05, 0.1) is 16.1 Å². The van der Waals surface area contributed by atoms with Gasteiger partial charge in [-0.15, -0.1) is 11.3 Å². The zero-order valence-corrected chi connectivity index (χ0v) is 49.9. The van der Waals surface area contributed by atoms with E-state index in [1.807, 2.05) is 11.3 Å². The van der Waals surface area contributed by atoms with Crippen molar-refractivity contribution in [2.45, 2.75) is 0 Å². The van der Waals surface area contributed by atoms with Gasteiger partial charge in [-0.3, -0.25) is 0 Å². The summed E-state index contributed by atoms with van der Waals surface area (Å²) in [6, 6.07) is 121. The van der Waals surface area contributed by atoms with E-state index in [1.54, 1.807) is 0 Å². The summed E-state index contributed by atoms with van der Waals surface area (Å²) in [5.41, 5.74) is 28.0. The van der Waals surface area contributed by atoms with E-state index in [9.17, 15) is 0 Å². The fourth-order valence-corrected chi connectivity index (χ4v) is 16.2. The van der Waals surface area contributed by atoms with E-state index in [0.717, 1.165) is 55.7 Å². The Kier molecular flexibility index (Phi) is 12.3. The van der Waals surface area contributed by atoms with Gasteiger partial charge in [0.15, 0.2) is 5.58 Å². The average Bonchev–Trinajstić information content (AvgIpc) is 1.00. The second-order valence-corrected chi connectivity index (χ2v) is 24.8. The van der Waals surface area contributed by atoms with Crippen LogP contribution < -0.4 is 42.6 Å². The summed E-state index contributed by atoms with van der Waals surface area (Å²) in [6.45, 7) is -0.214. The Hall–Kier alpha value is -11.2. The number of benzene rings is 14. The lowest BCUT2D eigenvalue weighted by Gasteiger charge is -2.38. The first-order chi connectivity index (χ1) is 44.7. The van der Waals surface area contributed by atoms with Gasteiger partial charge in [0.2, 0.25) is 13.4 Å². The van der Waals surface area contributed by atoms with Gasteiger partial charge in [-0.1, -0.05) is 278 Å². The maximum absolute atomic E-state index is 6.79. The van der Waals surface area contributed by atoms with E-state index in [1.165, 1.54) is 109 Å². The number of fused-ring (bicyclic) bond motifs is 10. The minimum absolute atomic E-state index is 0.0925. The molecule has 2 aliphatic rings. The zero-order chi connectivity index (χ0) is 59.2. The minimum atomic E-state index is -0.121. The first-order valence-corrected chi connectivity index (χ1v) is 31.9. The van der Waals surface area contributed by atoms with Crippen LogP contribution in [-0.4, -0.2) is 13.4 Å². The van der Waals surface area contributed by atoms with E-state index in [4.69, 9.17) is 4.42 Å². The van der Waals surface area contributed by atoms with Crippen LogP contribution in [0.4, 0.5) is 34.1 Å². The maximum atomic E-state index is 6.79. The molecule has 0 fully saturated rings. The van der Waals surface area contributed by atoms with Crippen LogP contribution >= 0.6 is 11.3 Å². The molecule has 0 atom stereocenters. The van der Waals surface area contributed by atoms with Crippen molar-refractivity contribution in [2.24, 2.45) is 0 Å². The smallest absolute Gasteiger partial charge is 0.248 e. The number of thiophene rings is 1. The highest BCUT2D eigenvalue weighted by Crippen LogP contribution is 2.47. The van der Waals surface area contributed by atoms with Crippen molar-refractivity contribution in [3.63, 3.8) is 0 Å². The summed E-state index contributed by atoms with van der Waals surface area (Å²) < 4.78 is 9.38. The Morgan fingerprint density at radius 1 is 0.256 bits per heavy atom. The molecule has 2 aromatic heterocycles. The molecule has 418 valence electrons. The van der Waals surface area contributed by atoms with E-state index >= 15 is 0 Å². The van der Waals surface area contributed by atoms with Gasteiger partial charge >= 0.3 is 0 Å². The lowest BCUT2D eigenvalue weighted by molar-refractivity contribution is 0.669. The molecule has 0 aliphatic carbocycles. The van der Waals surface area contributed by atoms with Crippen molar-refractivity contribution in [3.8, 4) is 55.6 Å². The molecule has 18 rings (SSSR count). The molecule has 3 nitrogen and oxygen atoms in total. The molecule has 14 aromatic carbocycles. The van der Waals surface area contributed by atoms with Crippen LogP contribution in [0.15, 0.2) is 332 Å². The second-order valence-electron chi connectivity index (χ2n) is 23.7. The van der Waals surface area contributed by atoms with Crippen LogP contribution in [0.2, 0.25) is 0 Å². The molecule has 0 amide bonds. The van der Waals surface area contributed by atoms with Gasteiger partial charge in [0.1, 0.15) is 5.58 Å². The van der Waals surface area contributed by atoms with Crippen molar-refractivity contribution in [1.29, 1.82) is 0 Å². The molecule has 0 saturated carbocycles. The normalized spacial score (nSPS) is 12.6. The molecule has 0 bridgehead atoms. The first kappa shape index (κ1) is 52.0. The first-order valence-electron chi connectivity index (χ1n) is 31.0. The molecule has 0 unspecified atom stereocenters. The summed E-state index contributed by atoms with van der Waals surface area (Å²) >= 11 is 1.88. The predicted octanol–water partition coefficient (Wildman–Crippen LogP) is 18.9. The predicted molar refractivity (Wildman–Crippen MR) is 385 cm³/mol. The van der Waals surface area contributed by atoms with Gasteiger partial charge in [-0.25, -0.2) is 0 Å². The monoisotopic (exact) mass is 1160 g/mol. The highest BCUT2D eigenvalue weighted by molar-refractivity contribution is 7.26. The van der Waals surface area contributed by atoms with Crippen LogP contribution in [-0.2, 0) is 0 Å². The van der Waals surface area contributed by atoms with Gasteiger partial charge in [0, 0.05) is 49.0 Å². The van der Waals surface area contributed by atoms with E-state index < -0.39 is 0 Å². The lowest BCUT2D eigenvalue weighted by Crippen LogP contribution is -2.58. The number of rotatable bonds is 9. The maximum Gasteiger partial charge on any atom is 0.248 e. The summed E-state index contributed by atoms with van der Waals surface area (Å²) in [4.78, 5) is 4.96. The van der Waals surface area contributed by atoms with Gasteiger partial charge < -0.3 is 14.2 Å². The average molecular weight is 1160 g/mol. The number of anilines is 6. The molecule has 2 aliphatic heterocycles. The Morgan fingerprint density at radius 2 is 0.611 bits per heavy atom. The van der Waals surface area contributed by atoms with Crippen molar-refractivity contribution in [2.75, 3.05) is 9.80 Å². The Bertz CT molecular complexity index is 5060. The topological polar surface area (TPSA) is 19.6 Å². The number of hydrogen-bond donors (Lipinski definition) is 0. The SMILES string of the molecule is c1ccc(-c2cccc(-c3cccc(-c4cccc(-c5cccc(-c6ccccc6)c5B5c6ccccc6N(c6cccc7c6sc6ccccc67)c6ccccc65)c4)c3)c2B2c3ccccc3N(c3cccc4c3oc3ccccc34)c3ccccc32)cc1. The standard InChI is InChI=1S/C84H54B2N2OS/c1-3-25-55(26-4-1)61-35-21-37-63(81(61)85-69-41-9-13-45-73(69)87(74-46-14-10-42-70(74)85)77-49-23-39-67-65-33-7-17-51-79(65)89-83(67)77)59-31-19-29-57(53-59)58-30-20-32-60(54-58)64-38-22-36-62(56-27-5-2-6-28-56)82(64)86-71-43-11-15-47-75(71)88(76-48-16-12-44-72(76)86)78-50-24-40-68-66-34-8-18-52-80(66)90-84(68)78/h1-54H. The van der Waals surface area contributed by atoms with Crippen LogP contribution in [0.3, 0.4) is 0 Å². The molecule has 16 aromatic rings. The largest absolute Gasteiger partial charge is 0.454 e. The third-order valence-electron chi connectivity index (χ3n) is 18.8. The Labute approximate surface area is 527 Å². The Morgan fingerprint density at radius 3 is 1.14 bits per heavy atom. The van der Waals surface area contributed by atoms with Crippen molar-refractivity contribution in [1.82, 2.24) is 0 Å². The zero-order valence-electron chi connectivity index (χ0n) is 49.0. The minimum Gasteiger partial charge on any atom is -0.454 e. The molecule has 0 spiro atoms. The molecule has 6 heteroatoms. The van der Waals surface area contributed by atoms with Gasteiger partial charge in [-0.05, 0) is 138 Å². The van der Waals surface area contributed by atoms with Crippen LogP contribution in [0.1, 0.15) is 0 Å². The number of nitrogens with zero attached hydrogens (tertiary/aromatic N) is 2. The summed E-state index contributed by atoms with van der Waals surface area (Å²) in [6.07, 6.45) is 0. The van der Waals surface area contributed by atoms with E-state index in [-0.39, 0.29) is 13.4 Å². The molecule has 0 radical (unpaired) electrons. The summed E-state index contributed by atoms with van der Waals surface area (Å²) in [5.74, 6) is 0. The van der Waals surface area contributed by atoms with Gasteiger partial charge in [0.25, 0.3) is 0 Å². The van der Waals surface area contributed by atoms with Crippen LogP contribution in [0.25, 0.3) is 97.7 Å². The Balaban J connectivity index is 0.789. The lowest BCUT2D eigenvalue weighted by atomic mass is 9.33. The van der Waals surface area contributed by atoms with Crippen molar-refractivity contribution >= 4 is 134 Å². The third-order valence-corrected chi connectivity index (χ3v) is 20.1. The number of furan rings is 1. The summed E-state index contributed by atoms with van der Waals surface area (Å²) in [5, 5.41) is 4.81. The highest BCUT2D eigenvalue weighted by Gasteiger charge is 2.40. The number of hydrogen-bond acceptors (Lipinski definition) is 4. The molecule has 90 heavy (non-hydrogen) atoms. The van der Waals surface area contributed by atoms with Crippen molar-refractivity contribution < 1.29 is 4.42 Å². The van der Waals surface area contributed by atoms with Gasteiger partial charge in [-0.2, -0.15) is 0 Å². The molecule has 0 N–H and O–H groups in total. The molecular formula is C84H54B2N2OS. The summed E-state index contributed by atoms with van der Waals surface area (Å²) in [7, 11) is 0. The quantitative estimate of drug-likeness (QED) is 0.134. The van der Waals surface area contributed by atoms with Crippen LogP contribution in [0, 0.1) is 0 Å². The molecule has 4 heterocycles. The molecular weight excluding hydrogens is 1110 g/mol. The van der Waals surface area contributed by atoms with E-state index in [0.29, 0.717) is 0 Å². The van der Waals surface area contributed by atoms with E-state index in [2.05, 4.69) is 337 Å². The second kappa shape index (κ2) is 21.3. The third kappa shape index (κ3) is 8.29. The molecule has 0 saturated heterocycles. The highest BCUT2D eigenvalue weighted by atomic mass is 32.1. The number of para-hydroxylation sites is 6. The van der Waals surface area contributed by atoms with Crippen molar-refractivity contribution in [3.05, 3.63) is 328 Å².